The Balaban J connectivity index is 2.86. The molecule has 0 unspecified atom stereocenters. The van der Waals surface area contributed by atoms with E-state index >= 15 is 0 Å². The molecule has 0 radical (unpaired) electrons. The lowest BCUT2D eigenvalue weighted by Gasteiger charge is -1.90. The smallest absolute Gasteiger partial charge is 0.171 e. The quantitative estimate of drug-likeness (QED) is 0.496. The fourth-order valence-corrected chi connectivity index (χ4v) is 0.944. The van der Waals surface area contributed by atoms with Crippen molar-refractivity contribution < 1.29 is 0 Å². The van der Waals surface area contributed by atoms with E-state index in [2.05, 4.69) is 15.2 Å². The molecule has 5 N–H and O–H groups in total. The van der Waals surface area contributed by atoms with Gasteiger partial charge in [0.1, 0.15) is 5.52 Å². The first-order valence-corrected chi connectivity index (χ1v) is 3.12. The third kappa shape index (κ3) is 0.778. The Morgan fingerprint density at radius 1 is 1.36 bits per heavy atom. The van der Waals surface area contributed by atoms with Gasteiger partial charge in [0.2, 0.25) is 0 Å². The first-order valence-electron chi connectivity index (χ1n) is 3.12. The average Bonchev–Trinajstić information content (AvgIpc) is 2.32. The van der Waals surface area contributed by atoms with Crippen LogP contribution in [0.15, 0.2) is 12.3 Å². The van der Waals surface area contributed by atoms with Crippen molar-refractivity contribution in [2.24, 2.45) is 0 Å². The van der Waals surface area contributed by atoms with Crippen LogP contribution in [0, 0.1) is 0 Å². The number of nitrogens with one attached hydrogen (secondary N) is 1. The minimum Gasteiger partial charge on any atom is -0.397 e. The van der Waals surface area contributed by atoms with Gasteiger partial charge in [0.15, 0.2) is 5.82 Å². The molecule has 0 aliphatic heterocycles. The summed E-state index contributed by atoms with van der Waals surface area (Å²) in [6.07, 6.45) is 1.55. The lowest BCUT2D eigenvalue weighted by molar-refractivity contribution is 1.13. The Morgan fingerprint density at radius 3 is 3.00 bits per heavy atom. The molecule has 0 saturated heterocycles. The summed E-state index contributed by atoms with van der Waals surface area (Å²) >= 11 is 0. The van der Waals surface area contributed by atoms with Crippen LogP contribution in [0.1, 0.15) is 0 Å². The Morgan fingerprint density at radius 2 is 2.18 bits per heavy atom. The molecule has 11 heavy (non-hydrogen) atoms. The lowest BCUT2D eigenvalue weighted by Crippen LogP contribution is -1.88. The molecular weight excluding hydrogens is 142 g/mol. The zero-order valence-corrected chi connectivity index (χ0v) is 5.70. The summed E-state index contributed by atoms with van der Waals surface area (Å²) in [5.41, 5.74) is 13.0. The van der Waals surface area contributed by atoms with Gasteiger partial charge in [0.05, 0.1) is 17.4 Å². The second-order valence-electron chi connectivity index (χ2n) is 2.27. The molecule has 2 heterocycles. The molecule has 2 rings (SSSR count). The molecule has 2 aromatic rings. The highest BCUT2D eigenvalue weighted by molar-refractivity contribution is 5.85. The number of anilines is 2. The van der Waals surface area contributed by atoms with Gasteiger partial charge in [-0.15, -0.1) is 0 Å². The van der Waals surface area contributed by atoms with Crippen molar-refractivity contribution in [3.05, 3.63) is 12.3 Å². The number of nitrogens with zero attached hydrogens (tertiary/aromatic N) is 2. The predicted octanol–water partition coefficient (Wildman–Crippen LogP) is 0.122. The fourth-order valence-electron chi connectivity index (χ4n) is 0.944. The average molecular weight is 149 g/mol. The fraction of sp³-hybridized carbons (Fsp3) is 0. The van der Waals surface area contributed by atoms with Crippen molar-refractivity contribution in [2.45, 2.75) is 0 Å². The van der Waals surface area contributed by atoms with Crippen molar-refractivity contribution in [3.63, 3.8) is 0 Å². The lowest BCUT2D eigenvalue weighted by atomic mass is 10.3. The van der Waals surface area contributed by atoms with Gasteiger partial charge in [-0.05, 0) is 6.07 Å². The van der Waals surface area contributed by atoms with Crippen molar-refractivity contribution >= 4 is 22.5 Å². The van der Waals surface area contributed by atoms with Crippen LogP contribution < -0.4 is 11.5 Å². The summed E-state index contributed by atoms with van der Waals surface area (Å²) in [4.78, 5) is 4.00. The summed E-state index contributed by atoms with van der Waals surface area (Å²) < 4.78 is 0. The number of nitrogen functional groups attached to an aromatic ring is 2. The van der Waals surface area contributed by atoms with Crippen molar-refractivity contribution in [1.82, 2.24) is 15.2 Å². The number of H-pyrrole nitrogens is 1. The summed E-state index contributed by atoms with van der Waals surface area (Å²) in [6, 6.07) is 1.74. The Hall–Kier alpha value is -1.78. The summed E-state index contributed by atoms with van der Waals surface area (Å²) in [5.74, 6) is 0.403. The summed E-state index contributed by atoms with van der Waals surface area (Å²) in [6.45, 7) is 0. The molecular formula is C6H7N5. The van der Waals surface area contributed by atoms with Crippen LogP contribution in [0.25, 0.3) is 11.0 Å². The van der Waals surface area contributed by atoms with Gasteiger partial charge in [-0.1, -0.05) is 0 Å². The van der Waals surface area contributed by atoms with Crippen LogP contribution in [0.4, 0.5) is 11.5 Å². The first kappa shape index (κ1) is 5.96. The molecule has 5 heteroatoms. The minimum atomic E-state index is 0.403. The number of pyridine rings is 1. The second-order valence-corrected chi connectivity index (χ2v) is 2.27. The zero-order valence-electron chi connectivity index (χ0n) is 5.70. The minimum absolute atomic E-state index is 0.403. The SMILES string of the molecule is Nc1cnc2c(N)n[nH]c2c1. The molecule has 0 saturated carbocycles. The predicted molar refractivity (Wildman–Crippen MR) is 42.7 cm³/mol. The molecule has 5 nitrogen and oxygen atoms in total. The normalized spacial score (nSPS) is 10.5. The summed E-state index contributed by atoms with van der Waals surface area (Å²) in [5, 5.41) is 6.48. The maximum Gasteiger partial charge on any atom is 0.171 e. The topological polar surface area (TPSA) is 93.6 Å². The van der Waals surface area contributed by atoms with E-state index in [1.165, 1.54) is 0 Å². The molecule has 0 aliphatic rings. The highest BCUT2D eigenvalue weighted by Crippen LogP contribution is 2.15. The second kappa shape index (κ2) is 1.85. The highest BCUT2D eigenvalue weighted by atomic mass is 15.2. The van der Waals surface area contributed by atoms with E-state index in [4.69, 9.17) is 11.5 Å². The van der Waals surface area contributed by atoms with E-state index in [9.17, 15) is 0 Å². The molecule has 0 aliphatic carbocycles. The van der Waals surface area contributed by atoms with Gasteiger partial charge in [0, 0.05) is 0 Å². The van der Waals surface area contributed by atoms with Gasteiger partial charge in [0.25, 0.3) is 0 Å². The third-order valence-electron chi connectivity index (χ3n) is 1.45. The molecule has 0 fully saturated rings. The highest BCUT2D eigenvalue weighted by Gasteiger charge is 2.01. The van der Waals surface area contributed by atoms with E-state index in [0.29, 0.717) is 17.0 Å². The molecule has 2 aromatic heterocycles. The Kier molecular flexibility index (Phi) is 1.00. The standard InChI is InChI=1S/C6H7N5/c7-3-1-4-5(9-2-3)6(8)11-10-4/h1-2H,7H2,(H3,8,10,11). The maximum absolute atomic E-state index is 5.48. The molecule has 0 aromatic carbocycles. The van der Waals surface area contributed by atoms with Crippen molar-refractivity contribution in [3.8, 4) is 0 Å². The molecule has 0 amide bonds. The van der Waals surface area contributed by atoms with Crippen LogP contribution in [-0.4, -0.2) is 15.2 Å². The number of hydrogen-bond donors (Lipinski definition) is 3. The van der Waals surface area contributed by atoms with E-state index in [-0.39, 0.29) is 0 Å². The van der Waals surface area contributed by atoms with Crippen molar-refractivity contribution in [1.29, 1.82) is 0 Å². The largest absolute Gasteiger partial charge is 0.397 e. The van der Waals surface area contributed by atoms with Gasteiger partial charge >= 0.3 is 0 Å². The monoisotopic (exact) mass is 149 g/mol. The van der Waals surface area contributed by atoms with E-state index in [1.807, 2.05) is 0 Å². The number of rotatable bonds is 0. The van der Waals surface area contributed by atoms with Crippen LogP contribution in [0.3, 0.4) is 0 Å². The van der Waals surface area contributed by atoms with Gasteiger partial charge in [-0.25, -0.2) is 4.98 Å². The number of nitrogens with two attached hydrogens (primary N) is 2. The molecule has 56 valence electrons. The van der Waals surface area contributed by atoms with Crippen LogP contribution in [0.2, 0.25) is 0 Å². The first-order chi connectivity index (χ1) is 5.27. The van der Waals surface area contributed by atoms with Gasteiger partial charge in [-0.3, -0.25) is 5.10 Å². The van der Waals surface area contributed by atoms with Crippen LogP contribution in [-0.2, 0) is 0 Å². The van der Waals surface area contributed by atoms with Gasteiger partial charge < -0.3 is 11.5 Å². The van der Waals surface area contributed by atoms with Gasteiger partial charge in [-0.2, -0.15) is 5.10 Å². The van der Waals surface area contributed by atoms with Crippen molar-refractivity contribution in [2.75, 3.05) is 11.5 Å². The summed E-state index contributed by atoms with van der Waals surface area (Å²) in [7, 11) is 0. The number of aromatic nitrogens is 3. The maximum atomic E-state index is 5.48. The van der Waals surface area contributed by atoms with Crippen LogP contribution in [0.5, 0.6) is 0 Å². The molecule has 0 spiro atoms. The molecule has 0 atom stereocenters. The van der Waals surface area contributed by atoms with E-state index < -0.39 is 0 Å². The Labute approximate surface area is 62.4 Å². The van der Waals surface area contributed by atoms with E-state index in [1.54, 1.807) is 12.3 Å². The zero-order chi connectivity index (χ0) is 7.84. The number of fused-ring (bicyclic) bond motifs is 1. The number of aromatic amines is 1. The third-order valence-corrected chi connectivity index (χ3v) is 1.45. The molecule has 0 bridgehead atoms. The number of hydrogen-bond acceptors (Lipinski definition) is 4. The Bertz CT molecular complexity index is 391. The van der Waals surface area contributed by atoms with E-state index in [0.717, 1.165) is 5.52 Å². The van der Waals surface area contributed by atoms with Crippen LogP contribution >= 0.6 is 0 Å².